The second-order valence-electron chi connectivity index (χ2n) is 9.46. The highest BCUT2D eigenvalue weighted by Crippen LogP contribution is 2.37. The number of ether oxygens (including phenoxy) is 5. The third kappa shape index (κ3) is 7.86. The van der Waals surface area contributed by atoms with Gasteiger partial charge in [-0.15, -0.1) is 19.8 Å². The predicted octanol–water partition coefficient (Wildman–Crippen LogP) is 7.24. The summed E-state index contributed by atoms with van der Waals surface area (Å²) in [5.74, 6) is -5.99. The van der Waals surface area contributed by atoms with Crippen LogP contribution in [0.4, 0.5) is 30.7 Å². The van der Waals surface area contributed by atoms with Gasteiger partial charge in [0.1, 0.15) is 5.75 Å². The van der Waals surface area contributed by atoms with E-state index >= 15 is 0 Å². The molecule has 1 saturated heterocycles. The van der Waals surface area contributed by atoms with Crippen molar-refractivity contribution >= 4 is 0 Å². The average Bonchev–Trinajstić information content (AvgIpc) is 2.89. The molecule has 0 bridgehead atoms. The fourth-order valence-electron chi connectivity index (χ4n) is 4.49. The Morgan fingerprint density at radius 1 is 0.872 bits per heavy atom. The lowest BCUT2D eigenvalue weighted by atomic mass is 9.86. The highest BCUT2D eigenvalue weighted by molar-refractivity contribution is 5.36. The van der Waals surface area contributed by atoms with Crippen LogP contribution in [-0.4, -0.2) is 32.0 Å². The summed E-state index contributed by atoms with van der Waals surface area (Å²) >= 11 is 0. The normalized spacial score (nSPS) is 24.3. The molecular weight excluding hydrogens is 537 g/mol. The number of hydrogen-bond acceptors (Lipinski definition) is 5. The molecule has 1 saturated carbocycles. The topological polar surface area (TPSA) is 46.2 Å². The van der Waals surface area contributed by atoms with Gasteiger partial charge in [0.2, 0.25) is 5.75 Å². The molecule has 214 valence electrons. The standard InChI is InChI=1S/C27H27F7O5/c1-2-16-13-36-25(37-14-16)18-5-9-20(10-6-18)35-15-17-3-7-19(8-4-17)26(30,31)38-21-11-22(28)24(23(29)12-21)39-27(32,33)34/h2-4,7-8,11-12,16,18,20,25H,1,5-6,9-10,13-15H2. The van der Waals surface area contributed by atoms with Crippen molar-refractivity contribution in [3.05, 3.63) is 71.8 Å². The molecule has 0 amide bonds. The van der Waals surface area contributed by atoms with E-state index in [1.54, 1.807) is 0 Å². The monoisotopic (exact) mass is 564 g/mol. The van der Waals surface area contributed by atoms with Gasteiger partial charge in [-0.25, -0.2) is 8.78 Å². The third-order valence-corrected chi connectivity index (χ3v) is 6.60. The van der Waals surface area contributed by atoms with Gasteiger partial charge in [0.15, 0.2) is 17.9 Å². The van der Waals surface area contributed by atoms with Crippen LogP contribution >= 0.6 is 0 Å². The van der Waals surface area contributed by atoms with E-state index in [0.717, 1.165) is 37.8 Å². The first kappa shape index (κ1) is 29.2. The number of alkyl halides is 5. The summed E-state index contributed by atoms with van der Waals surface area (Å²) in [4.78, 5) is 0. The Kier molecular flexibility index (Phi) is 9.07. The first-order valence-corrected chi connectivity index (χ1v) is 12.3. The summed E-state index contributed by atoms with van der Waals surface area (Å²) in [6.45, 7) is 5.14. The van der Waals surface area contributed by atoms with Crippen molar-refractivity contribution in [2.45, 2.75) is 57.2 Å². The first-order valence-electron chi connectivity index (χ1n) is 12.3. The van der Waals surface area contributed by atoms with Crippen LogP contribution < -0.4 is 9.47 Å². The fourth-order valence-corrected chi connectivity index (χ4v) is 4.49. The minimum Gasteiger partial charge on any atom is -0.429 e. The Labute approximate surface area is 220 Å². The van der Waals surface area contributed by atoms with Gasteiger partial charge in [-0.05, 0) is 43.4 Å². The molecule has 1 heterocycles. The molecule has 4 rings (SSSR count). The Hall–Kier alpha value is -2.83. The van der Waals surface area contributed by atoms with Crippen molar-refractivity contribution in [1.82, 2.24) is 0 Å². The predicted molar refractivity (Wildman–Crippen MR) is 124 cm³/mol. The molecule has 0 N–H and O–H groups in total. The van der Waals surface area contributed by atoms with E-state index in [4.69, 9.17) is 14.2 Å². The van der Waals surface area contributed by atoms with Gasteiger partial charge in [-0.3, -0.25) is 0 Å². The first-order chi connectivity index (χ1) is 18.4. The molecule has 2 fully saturated rings. The van der Waals surface area contributed by atoms with Gasteiger partial charge in [0, 0.05) is 24.0 Å². The van der Waals surface area contributed by atoms with Gasteiger partial charge in [0.05, 0.1) is 31.5 Å². The number of halogens is 7. The van der Waals surface area contributed by atoms with Crippen molar-refractivity contribution in [3.63, 3.8) is 0 Å². The van der Waals surface area contributed by atoms with Crippen molar-refractivity contribution in [2.75, 3.05) is 13.2 Å². The molecule has 2 aliphatic rings. The van der Waals surface area contributed by atoms with Gasteiger partial charge >= 0.3 is 12.5 Å². The largest absolute Gasteiger partial charge is 0.573 e. The van der Waals surface area contributed by atoms with Crippen LogP contribution in [0.2, 0.25) is 0 Å². The van der Waals surface area contributed by atoms with Crippen LogP contribution in [0.5, 0.6) is 11.5 Å². The van der Waals surface area contributed by atoms with Gasteiger partial charge < -0.3 is 23.7 Å². The average molecular weight is 564 g/mol. The molecule has 0 atom stereocenters. The lowest BCUT2D eigenvalue weighted by Gasteiger charge is -2.37. The van der Waals surface area contributed by atoms with E-state index in [0.29, 0.717) is 18.8 Å². The van der Waals surface area contributed by atoms with E-state index in [2.05, 4.69) is 16.1 Å². The van der Waals surface area contributed by atoms with Crippen molar-refractivity contribution in [3.8, 4) is 11.5 Å². The van der Waals surface area contributed by atoms with E-state index < -0.39 is 41.2 Å². The Morgan fingerprint density at radius 2 is 1.46 bits per heavy atom. The zero-order valence-electron chi connectivity index (χ0n) is 20.7. The van der Waals surface area contributed by atoms with Crippen LogP contribution in [0.1, 0.15) is 36.8 Å². The summed E-state index contributed by atoms with van der Waals surface area (Å²) in [5, 5.41) is 0. The number of benzene rings is 2. The summed E-state index contributed by atoms with van der Waals surface area (Å²) in [5.41, 5.74) is -0.00815. The second-order valence-corrected chi connectivity index (χ2v) is 9.46. The second kappa shape index (κ2) is 12.1. The minimum absolute atomic E-state index is 0.00399. The molecular formula is C27H27F7O5. The molecule has 1 aliphatic carbocycles. The Balaban J connectivity index is 1.27. The van der Waals surface area contributed by atoms with Gasteiger partial charge in [-0.2, -0.15) is 8.78 Å². The summed E-state index contributed by atoms with van der Waals surface area (Å²) < 4.78 is 119. The van der Waals surface area contributed by atoms with Crippen molar-refractivity contribution in [1.29, 1.82) is 0 Å². The fraction of sp³-hybridized carbons (Fsp3) is 0.481. The highest BCUT2D eigenvalue weighted by Gasteiger charge is 2.37. The van der Waals surface area contributed by atoms with Crippen molar-refractivity contribution in [2.24, 2.45) is 11.8 Å². The van der Waals surface area contributed by atoms with E-state index in [1.807, 2.05) is 6.08 Å². The maximum atomic E-state index is 14.6. The maximum absolute atomic E-state index is 14.6. The molecule has 0 unspecified atom stereocenters. The molecule has 39 heavy (non-hydrogen) atoms. The molecule has 5 nitrogen and oxygen atoms in total. The Morgan fingerprint density at radius 3 is 2.00 bits per heavy atom. The van der Waals surface area contributed by atoms with Crippen LogP contribution in [0.3, 0.4) is 0 Å². The zero-order chi connectivity index (χ0) is 28.2. The summed E-state index contributed by atoms with van der Waals surface area (Å²) in [7, 11) is 0. The maximum Gasteiger partial charge on any atom is 0.573 e. The molecule has 2 aromatic carbocycles. The molecule has 0 radical (unpaired) electrons. The summed E-state index contributed by atoms with van der Waals surface area (Å²) in [6, 6.07) is 5.30. The minimum atomic E-state index is -5.37. The molecule has 0 aromatic heterocycles. The summed E-state index contributed by atoms with van der Waals surface area (Å²) in [6.07, 6.45) is -4.43. The molecule has 12 heteroatoms. The molecule has 2 aromatic rings. The third-order valence-electron chi connectivity index (χ3n) is 6.60. The number of hydrogen-bond donors (Lipinski definition) is 0. The van der Waals surface area contributed by atoms with Crippen molar-refractivity contribution < 1.29 is 54.4 Å². The van der Waals surface area contributed by atoms with E-state index in [1.165, 1.54) is 12.1 Å². The quantitative estimate of drug-likeness (QED) is 0.237. The molecule has 1 aliphatic heterocycles. The van der Waals surface area contributed by atoms with Crippen LogP contribution in [0, 0.1) is 23.5 Å². The van der Waals surface area contributed by atoms with E-state index in [-0.39, 0.29) is 43.0 Å². The van der Waals surface area contributed by atoms with E-state index in [9.17, 15) is 30.7 Å². The SMILES string of the molecule is C=CC1COC(C2CCC(OCc3ccc(C(F)(F)Oc4cc(F)c(OC(F)(F)F)c(F)c4)cc3)CC2)OC1. The van der Waals surface area contributed by atoms with Gasteiger partial charge in [-0.1, -0.05) is 18.2 Å². The number of rotatable bonds is 9. The lowest BCUT2D eigenvalue weighted by Crippen LogP contribution is -2.38. The van der Waals surface area contributed by atoms with Crippen LogP contribution in [0.15, 0.2) is 49.1 Å². The Bertz CT molecular complexity index is 1080. The smallest absolute Gasteiger partial charge is 0.429 e. The van der Waals surface area contributed by atoms with Crippen LogP contribution in [-0.2, 0) is 26.9 Å². The zero-order valence-corrected chi connectivity index (χ0v) is 20.7. The van der Waals surface area contributed by atoms with Gasteiger partial charge in [0.25, 0.3) is 0 Å². The molecule has 0 spiro atoms. The highest BCUT2D eigenvalue weighted by atomic mass is 19.4. The lowest BCUT2D eigenvalue weighted by molar-refractivity contribution is -0.276. The van der Waals surface area contributed by atoms with Crippen LogP contribution in [0.25, 0.3) is 0 Å².